The Bertz CT molecular complexity index is 1110. The molecule has 1 unspecified atom stereocenters. The van der Waals surface area contributed by atoms with Crippen molar-refractivity contribution in [2.75, 3.05) is 13.1 Å². The zero-order chi connectivity index (χ0) is 30.6. The number of carbonyl (C=O) groups is 4. The number of nitrogens with two attached hydrogens (primary N) is 4. The third kappa shape index (κ3) is 9.68. The number of ether oxygens (including phenoxy) is 1. The molecular formula is C25H38N8O8. The van der Waals surface area contributed by atoms with Crippen LogP contribution in [0.2, 0.25) is 0 Å². The van der Waals surface area contributed by atoms with Crippen molar-refractivity contribution in [2.45, 2.75) is 75.2 Å². The smallest absolute Gasteiger partial charge is 0.336 e. The average Bonchev–Trinajstić information content (AvgIpc) is 3.43. The highest BCUT2D eigenvalue weighted by atomic mass is 16.7. The number of hydrazine groups is 1. The molecule has 41 heavy (non-hydrogen) atoms. The van der Waals surface area contributed by atoms with E-state index in [1.807, 2.05) is 5.43 Å². The second-order valence-corrected chi connectivity index (χ2v) is 9.82. The number of nitro groups is 1. The molecule has 0 bridgehead atoms. The van der Waals surface area contributed by atoms with Crippen LogP contribution in [0.5, 0.6) is 0 Å². The number of ketones is 1. The number of likely N-dealkylation sites (tertiary alicyclic amines) is 1. The fourth-order valence-electron chi connectivity index (χ4n) is 4.57. The Labute approximate surface area is 236 Å². The van der Waals surface area contributed by atoms with E-state index in [4.69, 9.17) is 27.7 Å². The number of hydrogen-bond donors (Lipinski definition) is 6. The molecule has 16 heteroatoms. The minimum absolute atomic E-state index is 0.0135. The number of esters is 1. The van der Waals surface area contributed by atoms with Gasteiger partial charge in [-0.15, -0.1) is 5.43 Å². The fourth-order valence-corrected chi connectivity index (χ4v) is 4.57. The van der Waals surface area contributed by atoms with Crippen LogP contribution in [0.1, 0.15) is 50.5 Å². The second-order valence-electron chi connectivity index (χ2n) is 9.82. The number of nitrogens with one attached hydrogen (secondary N) is 1. The van der Waals surface area contributed by atoms with Gasteiger partial charge in [0.05, 0.1) is 6.04 Å². The summed E-state index contributed by atoms with van der Waals surface area (Å²) in [4.78, 5) is 67.1. The largest absolute Gasteiger partial charge is 0.480 e. The number of benzene rings is 1. The molecule has 1 amide bonds. The van der Waals surface area contributed by atoms with Crippen molar-refractivity contribution in [3.63, 3.8) is 0 Å². The first kappa shape index (κ1) is 32.9. The van der Waals surface area contributed by atoms with Gasteiger partial charge in [-0.1, -0.05) is 30.3 Å². The van der Waals surface area contributed by atoms with Crippen LogP contribution in [0.3, 0.4) is 0 Å². The van der Waals surface area contributed by atoms with Gasteiger partial charge in [-0.2, -0.15) is 0 Å². The normalized spacial score (nSPS) is 17.5. The van der Waals surface area contributed by atoms with Crippen LogP contribution >= 0.6 is 0 Å². The van der Waals surface area contributed by atoms with E-state index in [1.54, 1.807) is 30.3 Å². The minimum Gasteiger partial charge on any atom is -0.480 e. The van der Waals surface area contributed by atoms with E-state index in [1.165, 1.54) is 0 Å². The molecule has 1 heterocycles. The number of carbonyl (C=O) groups excluding carboxylic acids is 3. The maximum absolute atomic E-state index is 13.5. The molecule has 4 atom stereocenters. The van der Waals surface area contributed by atoms with Crippen LogP contribution in [-0.4, -0.2) is 81.4 Å². The lowest BCUT2D eigenvalue weighted by Gasteiger charge is -2.32. The first-order valence-electron chi connectivity index (χ1n) is 13.2. The maximum Gasteiger partial charge on any atom is 0.336 e. The minimum atomic E-state index is -2.24. The molecule has 0 spiro atoms. The number of hydrogen-bond acceptors (Lipinski definition) is 10. The first-order valence-corrected chi connectivity index (χ1v) is 13.2. The Balaban J connectivity index is 2.12. The van der Waals surface area contributed by atoms with E-state index in [0.29, 0.717) is 12.0 Å². The van der Waals surface area contributed by atoms with Crippen LogP contribution in [0.25, 0.3) is 0 Å². The summed E-state index contributed by atoms with van der Waals surface area (Å²) in [6, 6.07) is 5.14. The van der Waals surface area contributed by atoms with E-state index in [-0.39, 0.29) is 64.2 Å². The third-order valence-electron chi connectivity index (χ3n) is 6.76. The van der Waals surface area contributed by atoms with Gasteiger partial charge in [0.1, 0.15) is 18.7 Å². The monoisotopic (exact) mass is 578 g/mol. The van der Waals surface area contributed by atoms with Crippen LogP contribution in [-0.2, 0) is 30.5 Å². The quantitative estimate of drug-likeness (QED) is 0.0241. The summed E-state index contributed by atoms with van der Waals surface area (Å²) in [5, 5.41) is 19.7. The van der Waals surface area contributed by atoms with Crippen molar-refractivity contribution in [2.24, 2.45) is 27.9 Å². The van der Waals surface area contributed by atoms with Crippen molar-refractivity contribution in [1.82, 2.24) is 10.3 Å². The highest BCUT2D eigenvalue weighted by Crippen LogP contribution is 2.25. The molecule has 1 aliphatic rings. The molecule has 1 aromatic rings. The molecule has 2 rings (SSSR count). The molecule has 0 saturated carbocycles. The summed E-state index contributed by atoms with van der Waals surface area (Å²) < 4.78 is 5.36. The number of carboxylic acid groups (broad SMARTS) is 1. The number of Topliss-reactive ketones (excluding diaryl/α,β-unsaturated/α-hetero) is 1. The van der Waals surface area contributed by atoms with Crippen LogP contribution in [0, 0.1) is 10.1 Å². The molecule has 1 fully saturated rings. The van der Waals surface area contributed by atoms with Gasteiger partial charge in [0, 0.05) is 13.1 Å². The molecule has 0 aromatic heterocycles. The van der Waals surface area contributed by atoms with Crippen molar-refractivity contribution in [3.8, 4) is 0 Å². The SMILES string of the molecule is NC(N)=NCCC[C@H](N[N+](=O)[O-])C(=O)C(N)CCC[C@@](N)(C(=O)OCc1ccccc1)C(=O)N1CCC[C@H]1C(=O)O. The summed E-state index contributed by atoms with van der Waals surface area (Å²) in [6.07, 6.45) is 0.538. The molecule has 1 aliphatic heterocycles. The van der Waals surface area contributed by atoms with Crippen molar-refractivity contribution in [3.05, 3.63) is 46.0 Å². The highest BCUT2D eigenvalue weighted by Gasteiger charge is 2.49. The number of aliphatic imine (C=N–C) groups is 1. The number of guanidine groups is 1. The molecule has 0 radical (unpaired) electrons. The summed E-state index contributed by atoms with van der Waals surface area (Å²) in [5.74, 6) is -3.97. The zero-order valence-electron chi connectivity index (χ0n) is 22.6. The predicted octanol–water partition coefficient (Wildman–Crippen LogP) is -1.23. The highest BCUT2D eigenvalue weighted by molar-refractivity contribution is 6.08. The summed E-state index contributed by atoms with van der Waals surface area (Å²) in [7, 11) is 0. The molecule has 16 nitrogen and oxygen atoms in total. The van der Waals surface area contributed by atoms with E-state index in [2.05, 4.69) is 4.99 Å². The van der Waals surface area contributed by atoms with Gasteiger partial charge in [0.2, 0.25) is 0 Å². The van der Waals surface area contributed by atoms with E-state index < -0.39 is 52.3 Å². The van der Waals surface area contributed by atoms with Crippen LogP contribution in [0.15, 0.2) is 35.3 Å². The standard InChI is InChI=1S/C25H38N8O8/c26-17(20(34)18(31-33(39)40)10-5-13-30-24(27)28)9-4-12-25(29,22(37)32-14-6-11-19(32)21(35)36)23(38)41-15-16-7-2-1-3-8-16/h1-3,7-8,17-19,31H,4-6,9-15,26,29H2,(H,35,36)(H4,27,28,30)/t17?,18-,19-,25-/m0/s1. The summed E-state index contributed by atoms with van der Waals surface area (Å²) >= 11 is 0. The van der Waals surface area contributed by atoms with E-state index in [9.17, 15) is 34.4 Å². The Morgan fingerprint density at radius 2 is 1.88 bits per heavy atom. The van der Waals surface area contributed by atoms with Gasteiger partial charge in [0.15, 0.2) is 22.3 Å². The van der Waals surface area contributed by atoms with E-state index in [0.717, 1.165) is 4.90 Å². The Kier molecular flexibility index (Phi) is 12.4. The fraction of sp³-hybridized carbons (Fsp3) is 0.560. The van der Waals surface area contributed by atoms with Gasteiger partial charge in [-0.05, 0) is 50.5 Å². The lowest BCUT2D eigenvalue weighted by molar-refractivity contribution is -0.548. The summed E-state index contributed by atoms with van der Waals surface area (Å²) in [6.45, 7) is 0.0879. The Morgan fingerprint density at radius 1 is 1.20 bits per heavy atom. The second kappa shape index (κ2) is 15.5. The number of aliphatic carboxylic acids is 1. The van der Waals surface area contributed by atoms with Crippen LogP contribution < -0.4 is 28.4 Å². The van der Waals surface area contributed by atoms with Gasteiger partial charge >= 0.3 is 11.9 Å². The summed E-state index contributed by atoms with van der Waals surface area (Å²) in [5.41, 5.74) is 23.3. The molecule has 226 valence electrons. The van der Waals surface area contributed by atoms with Crippen molar-refractivity contribution < 1.29 is 34.1 Å². The molecule has 10 N–H and O–H groups in total. The van der Waals surface area contributed by atoms with Crippen molar-refractivity contribution in [1.29, 1.82) is 0 Å². The first-order chi connectivity index (χ1) is 19.4. The van der Waals surface area contributed by atoms with Crippen molar-refractivity contribution >= 4 is 29.6 Å². The van der Waals surface area contributed by atoms with Gasteiger partial charge in [-0.3, -0.25) is 14.6 Å². The third-order valence-corrected chi connectivity index (χ3v) is 6.76. The van der Waals surface area contributed by atoms with Gasteiger partial charge in [-0.25, -0.2) is 19.7 Å². The lowest BCUT2D eigenvalue weighted by atomic mass is 9.89. The van der Waals surface area contributed by atoms with Gasteiger partial charge < -0.3 is 37.7 Å². The number of amides is 1. The molecular weight excluding hydrogens is 540 g/mol. The molecule has 1 saturated heterocycles. The molecule has 1 aromatic carbocycles. The average molecular weight is 579 g/mol. The number of rotatable bonds is 17. The van der Waals surface area contributed by atoms with Crippen LogP contribution in [0.4, 0.5) is 0 Å². The predicted molar refractivity (Wildman–Crippen MR) is 146 cm³/mol. The van der Waals surface area contributed by atoms with Gasteiger partial charge in [0.25, 0.3) is 5.91 Å². The Morgan fingerprint density at radius 3 is 2.49 bits per heavy atom. The maximum atomic E-state index is 13.5. The topological polar surface area (TPSA) is 273 Å². The van der Waals surface area contributed by atoms with E-state index >= 15 is 0 Å². The Hall–Kier alpha value is -4.31. The zero-order valence-corrected chi connectivity index (χ0v) is 22.6. The lowest BCUT2D eigenvalue weighted by Crippen LogP contribution is -2.62. The molecule has 0 aliphatic carbocycles. The number of nitrogens with zero attached hydrogens (tertiary/aromatic N) is 3. The number of carboxylic acids is 1.